The molecule has 66 heavy (non-hydrogen) atoms. The first-order chi connectivity index (χ1) is 32.7. The molecule has 0 unspecified atom stereocenters. The molecule has 0 nitrogen and oxygen atoms in total. The topological polar surface area (TPSA) is 0 Å². The van der Waals surface area contributed by atoms with E-state index in [0.717, 1.165) is 0 Å². The average Bonchev–Trinajstić information content (AvgIpc) is 3.92. The lowest BCUT2D eigenvalue weighted by Crippen LogP contribution is -1.93. The second kappa shape index (κ2) is 14.5. The monoisotopic (exact) mass is 852 g/mol. The number of thiophene rings is 1. The number of aryl methyl sites for hydroxylation is 1. The molecule has 1 aromatic heterocycles. The van der Waals surface area contributed by atoms with Gasteiger partial charge in [-0.1, -0.05) is 212 Å². The van der Waals surface area contributed by atoms with Crippen LogP contribution in [0.15, 0.2) is 224 Å². The van der Waals surface area contributed by atoms with Crippen LogP contribution in [0.3, 0.4) is 0 Å². The molecule has 1 heteroatoms. The van der Waals surface area contributed by atoms with E-state index in [9.17, 15) is 0 Å². The Hall–Kier alpha value is -8.10. The molecular formula is C65H40S. The molecular weight excluding hydrogens is 813 g/mol. The number of benzene rings is 12. The lowest BCUT2D eigenvalue weighted by Gasteiger charge is -2.20. The Labute approximate surface area is 387 Å². The summed E-state index contributed by atoms with van der Waals surface area (Å²) >= 11 is 1.92. The average molecular weight is 853 g/mol. The fourth-order valence-electron chi connectivity index (χ4n) is 11.5. The molecule has 1 heterocycles. The molecule has 0 saturated heterocycles. The standard InChI is InChI=1S/C65H40S/c1-39-31-33-42(34-32-39)61-52-27-13-12-26-51(52)60(41-19-6-3-7-20-41)63-53-29-16-28-46-44(35-36-54(62(46)53)64(61)63)55-37-43(38-56-45-21-14-15-30-57(45)66-65(55)56)59-49-24-10-8-22-47(49)58(40-17-4-2-5-18-40)48-23-9-11-25-50(48)59/h2-38H,1H3. The molecule has 0 aliphatic heterocycles. The largest absolute Gasteiger partial charge is 0.135 e. The van der Waals surface area contributed by atoms with Gasteiger partial charge in [-0.25, -0.2) is 0 Å². The third-order valence-electron chi connectivity index (χ3n) is 14.2. The van der Waals surface area contributed by atoms with Crippen molar-refractivity contribution in [1.82, 2.24) is 0 Å². The van der Waals surface area contributed by atoms with Crippen molar-refractivity contribution in [3.8, 4) is 77.9 Å². The summed E-state index contributed by atoms with van der Waals surface area (Å²) in [7, 11) is 0. The molecule has 0 bridgehead atoms. The van der Waals surface area contributed by atoms with E-state index in [4.69, 9.17) is 0 Å². The van der Waals surface area contributed by atoms with Gasteiger partial charge in [0.1, 0.15) is 0 Å². The summed E-state index contributed by atoms with van der Waals surface area (Å²) in [6.45, 7) is 2.18. The van der Waals surface area contributed by atoms with Crippen LogP contribution < -0.4 is 0 Å². The maximum Gasteiger partial charge on any atom is 0.0434 e. The second-order valence-electron chi connectivity index (χ2n) is 17.9. The summed E-state index contributed by atoms with van der Waals surface area (Å²) in [5, 5.41) is 12.8. The summed E-state index contributed by atoms with van der Waals surface area (Å²) in [5.74, 6) is 0. The van der Waals surface area contributed by atoms with Crippen LogP contribution in [0, 0.1) is 6.92 Å². The van der Waals surface area contributed by atoms with Crippen molar-refractivity contribution >= 4 is 74.6 Å². The van der Waals surface area contributed by atoms with Gasteiger partial charge in [0.2, 0.25) is 0 Å². The van der Waals surface area contributed by atoms with Gasteiger partial charge in [0.05, 0.1) is 0 Å². The van der Waals surface area contributed by atoms with Gasteiger partial charge in [0.15, 0.2) is 0 Å². The lowest BCUT2D eigenvalue weighted by molar-refractivity contribution is 1.47. The molecule has 1 aliphatic carbocycles. The van der Waals surface area contributed by atoms with Crippen molar-refractivity contribution in [2.45, 2.75) is 6.92 Å². The minimum absolute atomic E-state index is 1.24. The Morgan fingerprint density at radius 2 is 0.697 bits per heavy atom. The first-order valence-electron chi connectivity index (χ1n) is 22.9. The van der Waals surface area contributed by atoms with Crippen LogP contribution in [-0.2, 0) is 0 Å². The Kier molecular flexibility index (Phi) is 8.17. The van der Waals surface area contributed by atoms with E-state index in [1.54, 1.807) is 0 Å². The smallest absolute Gasteiger partial charge is 0.0434 e. The van der Waals surface area contributed by atoms with Crippen LogP contribution in [0.2, 0.25) is 0 Å². The molecule has 0 N–H and O–H groups in total. The van der Waals surface area contributed by atoms with Gasteiger partial charge in [-0.15, -0.1) is 11.3 Å². The predicted octanol–water partition coefficient (Wildman–Crippen LogP) is 19.0. The predicted molar refractivity (Wildman–Crippen MR) is 286 cm³/mol. The van der Waals surface area contributed by atoms with Crippen LogP contribution in [0.25, 0.3) is 141 Å². The molecule has 0 spiro atoms. The van der Waals surface area contributed by atoms with Gasteiger partial charge in [-0.3, -0.25) is 0 Å². The second-order valence-corrected chi connectivity index (χ2v) is 18.9. The molecule has 0 radical (unpaired) electrons. The summed E-state index contributed by atoms with van der Waals surface area (Å²) in [4.78, 5) is 0. The van der Waals surface area contributed by atoms with E-state index < -0.39 is 0 Å². The Morgan fingerprint density at radius 3 is 1.29 bits per heavy atom. The van der Waals surface area contributed by atoms with E-state index >= 15 is 0 Å². The van der Waals surface area contributed by atoms with Gasteiger partial charge in [-0.05, 0) is 141 Å². The highest BCUT2D eigenvalue weighted by Gasteiger charge is 2.32. The van der Waals surface area contributed by atoms with Crippen molar-refractivity contribution in [3.05, 3.63) is 230 Å². The van der Waals surface area contributed by atoms with Crippen molar-refractivity contribution in [2.24, 2.45) is 0 Å². The highest BCUT2D eigenvalue weighted by molar-refractivity contribution is 7.26. The zero-order valence-electron chi connectivity index (χ0n) is 36.3. The summed E-state index contributed by atoms with van der Waals surface area (Å²) in [5.41, 5.74) is 19.2. The quantitative estimate of drug-likeness (QED) is 0.151. The molecule has 0 fully saturated rings. The Bertz CT molecular complexity index is 4080. The van der Waals surface area contributed by atoms with Crippen LogP contribution >= 0.6 is 11.3 Å². The van der Waals surface area contributed by atoms with Crippen molar-refractivity contribution < 1.29 is 0 Å². The first kappa shape index (κ1) is 37.3. The summed E-state index contributed by atoms with van der Waals surface area (Å²) in [6, 6.07) is 84.1. The molecule has 13 aromatic rings. The molecule has 0 amide bonds. The minimum atomic E-state index is 1.24. The Morgan fingerprint density at radius 1 is 0.258 bits per heavy atom. The fourth-order valence-corrected chi connectivity index (χ4v) is 12.7. The zero-order valence-corrected chi connectivity index (χ0v) is 37.1. The number of hydrogen-bond acceptors (Lipinski definition) is 1. The summed E-state index contributed by atoms with van der Waals surface area (Å²) < 4.78 is 2.63. The number of hydrogen-bond donors (Lipinski definition) is 0. The van der Waals surface area contributed by atoms with E-state index in [1.165, 1.54) is 147 Å². The van der Waals surface area contributed by atoms with Gasteiger partial charge in [0.25, 0.3) is 0 Å². The van der Waals surface area contributed by atoms with Crippen molar-refractivity contribution in [3.63, 3.8) is 0 Å². The van der Waals surface area contributed by atoms with Crippen LogP contribution in [0.1, 0.15) is 5.56 Å². The number of rotatable bonds is 5. The highest BCUT2D eigenvalue weighted by atomic mass is 32.1. The molecule has 1 aliphatic rings. The molecule has 306 valence electrons. The van der Waals surface area contributed by atoms with Crippen LogP contribution in [-0.4, -0.2) is 0 Å². The lowest BCUT2D eigenvalue weighted by atomic mass is 9.82. The minimum Gasteiger partial charge on any atom is -0.135 e. The molecule has 0 saturated carbocycles. The van der Waals surface area contributed by atoms with Gasteiger partial charge < -0.3 is 0 Å². The first-order valence-corrected chi connectivity index (χ1v) is 23.7. The van der Waals surface area contributed by atoms with E-state index in [1.807, 2.05) is 11.3 Å². The third-order valence-corrected chi connectivity index (χ3v) is 15.5. The van der Waals surface area contributed by atoms with Gasteiger partial charge >= 0.3 is 0 Å². The van der Waals surface area contributed by atoms with E-state index in [-0.39, 0.29) is 0 Å². The summed E-state index contributed by atoms with van der Waals surface area (Å²) in [6.07, 6.45) is 0. The van der Waals surface area contributed by atoms with E-state index in [2.05, 4.69) is 231 Å². The zero-order chi connectivity index (χ0) is 43.5. The van der Waals surface area contributed by atoms with Crippen molar-refractivity contribution in [2.75, 3.05) is 0 Å². The molecule has 0 atom stereocenters. The highest BCUT2D eigenvalue weighted by Crippen LogP contribution is 2.59. The molecule has 12 aromatic carbocycles. The molecule has 14 rings (SSSR count). The normalized spacial score (nSPS) is 12.0. The third kappa shape index (κ3) is 5.38. The van der Waals surface area contributed by atoms with E-state index in [0.29, 0.717) is 0 Å². The van der Waals surface area contributed by atoms with Crippen molar-refractivity contribution in [1.29, 1.82) is 0 Å². The maximum absolute atomic E-state index is 2.52. The Balaban J connectivity index is 1.10. The van der Waals surface area contributed by atoms with Gasteiger partial charge in [0, 0.05) is 25.7 Å². The van der Waals surface area contributed by atoms with Crippen LogP contribution in [0.4, 0.5) is 0 Å². The maximum atomic E-state index is 2.52. The number of fused-ring (bicyclic) bond motifs is 9. The van der Waals surface area contributed by atoms with Crippen LogP contribution in [0.5, 0.6) is 0 Å². The fraction of sp³-hybridized carbons (Fsp3) is 0.0154. The SMILES string of the molecule is Cc1ccc(-c2c3c(c(-c4ccccc4)c4ccccc24)-c2cccc4c(-c5cc(-c6c7ccccc7c(-c7ccccc7)c7ccccc67)cc6c5sc5ccccc56)ccc-3c24)cc1. The van der Waals surface area contributed by atoms with Gasteiger partial charge in [-0.2, -0.15) is 0 Å².